The quantitative estimate of drug-likeness (QED) is 0.647. The minimum absolute atomic E-state index is 0.00412. The van der Waals surface area contributed by atoms with Gasteiger partial charge in [-0.3, -0.25) is 14.4 Å². The van der Waals surface area contributed by atoms with Gasteiger partial charge in [-0.1, -0.05) is 38.3 Å². The number of carbonyl (C=O) groups is 2. The lowest BCUT2D eigenvalue weighted by molar-refractivity contribution is -0.120. The SMILES string of the molecule is CCCCCCNC(=O)CNC(=O)c1c[nH]c2ccccc2c1=O. The second-order valence-corrected chi connectivity index (χ2v) is 5.67. The van der Waals surface area contributed by atoms with E-state index >= 15 is 0 Å². The number of benzene rings is 1. The number of rotatable bonds is 8. The Kier molecular flexibility index (Phi) is 6.54. The molecule has 2 rings (SSSR count). The number of carbonyl (C=O) groups excluding carboxylic acids is 2. The molecule has 0 saturated heterocycles. The van der Waals surface area contributed by atoms with Crippen LogP contribution in [0.2, 0.25) is 0 Å². The van der Waals surface area contributed by atoms with E-state index in [1.54, 1.807) is 18.2 Å². The van der Waals surface area contributed by atoms with Crippen molar-refractivity contribution in [1.82, 2.24) is 15.6 Å². The highest BCUT2D eigenvalue weighted by molar-refractivity contribution is 5.98. The highest BCUT2D eigenvalue weighted by Gasteiger charge is 2.13. The fourth-order valence-electron chi connectivity index (χ4n) is 2.43. The number of hydrogen-bond acceptors (Lipinski definition) is 3. The van der Waals surface area contributed by atoms with Crippen LogP contribution in [-0.4, -0.2) is 29.9 Å². The molecular formula is C18H23N3O3. The molecule has 0 fully saturated rings. The Hall–Kier alpha value is -2.63. The molecule has 0 radical (unpaired) electrons. The predicted molar refractivity (Wildman–Crippen MR) is 94.1 cm³/mol. The van der Waals surface area contributed by atoms with E-state index in [0.29, 0.717) is 17.4 Å². The monoisotopic (exact) mass is 329 g/mol. The van der Waals surface area contributed by atoms with Crippen LogP contribution in [0.1, 0.15) is 43.0 Å². The summed E-state index contributed by atoms with van der Waals surface area (Å²) in [6, 6.07) is 6.98. The standard InChI is InChI=1S/C18H23N3O3/c1-2-3-4-7-10-19-16(22)12-21-18(24)14-11-20-15-9-6-5-8-13(15)17(14)23/h5-6,8-9,11H,2-4,7,10,12H2,1H3,(H,19,22)(H,20,23)(H,21,24). The Morgan fingerprint density at radius 1 is 1.08 bits per heavy atom. The van der Waals surface area contributed by atoms with Crippen molar-refractivity contribution in [2.75, 3.05) is 13.1 Å². The molecule has 0 spiro atoms. The van der Waals surface area contributed by atoms with Gasteiger partial charge in [0.1, 0.15) is 5.56 Å². The zero-order valence-electron chi connectivity index (χ0n) is 13.9. The van der Waals surface area contributed by atoms with Gasteiger partial charge in [-0.05, 0) is 18.6 Å². The Morgan fingerprint density at radius 3 is 2.67 bits per heavy atom. The number of unbranched alkanes of at least 4 members (excludes halogenated alkanes) is 3. The van der Waals surface area contributed by atoms with E-state index in [9.17, 15) is 14.4 Å². The molecule has 0 aliphatic carbocycles. The van der Waals surface area contributed by atoms with Gasteiger partial charge in [0.15, 0.2) is 0 Å². The molecular weight excluding hydrogens is 306 g/mol. The van der Waals surface area contributed by atoms with Crippen molar-refractivity contribution in [3.05, 3.63) is 46.2 Å². The number of H-pyrrole nitrogens is 1. The first kappa shape index (κ1) is 17.7. The third-order valence-corrected chi connectivity index (χ3v) is 3.79. The van der Waals surface area contributed by atoms with Crippen molar-refractivity contribution in [1.29, 1.82) is 0 Å². The zero-order chi connectivity index (χ0) is 17.4. The number of hydrogen-bond donors (Lipinski definition) is 3. The number of amides is 2. The molecule has 1 heterocycles. The van der Waals surface area contributed by atoms with Crippen LogP contribution in [0.5, 0.6) is 0 Å². The highest BCUT2D eigenvalue weighted by atomic mass is 16.2. The predicted octanol–water partition coefficient (Wildman–Crippen LogP) is 1.95. The molecule has 2 amide bonds. The molecule has 1 aromatic carbocycles. The topological polar surface area (TPSA) is 91.1 Å². The number of aromatic amines is 1. The zero-order valence-corrected chi connectivity index (χ0v) is 13.9. The Labute approximate surface area is 140 Å². The fraction of sp³-hybridized carbons (Fsp3) is 0.389. The van der Waals surface area contributed by atoms with E-state index in [-0.39, 0.29) is 23.4 Å². The smallest absolute Gasteiger partial charge is 0.257 e. The first-order valence-electron chi connectivity index (χ1n) is 8.28. The minimum Gasteiger partial charge on any atom is -0.360 e. The van der Waals surface area contributed by atoms with Crippen LogP contribution in [0.4, 0.5) is 0 Å². The molecule has 2 aromatic rings. The first-order chi connectivity index (χ1) is 11.6. The van der Waals surface area contributed by atoms with Crippen molar-refractivity contribution >= 4 is 22.7 Å². The maximum absolute atomic E-state index is 12.3. The molecule has 0 unspecified atom stereocenters. The van der Waals surface area contributed by atoms with Crippen molar-refractivity contribution in [2.45, 2.75) is 32.6 Å². The summed E-state index contributed by atoms with van der Waals surface area (Å²) in [5, 5.41) is 5.69. The van der Waals surface area contributed by atoms with E-state index in [2.05, 4.69) is 22.5 Å². The second kappa shape index (κ2) is 8.86. The molecule has 3 N–H and O–H groups in total. The summed E-state index contributed by atoms with van der Waals surface area (Å²) in [4.78, 5) is 39.0. The summed E-state index contributed by atoms with van der Waals surface area (Å²) in [5.41, 5.74) is 0.329. The maximum Gasteiger partial charge on any atom is 0.257 e. The van der Waals surface area contributed by atoms with Gasteiger partial charge in [-0.15, -0.1) is 0 Å². The van der Waals surface area contributed by atoms with Gasteiger partial charge in [0.25, 0.3) is 5.91 Å². The number of nitrogens with one attached hydrogen (secondary N) is 3. The number of pyridine rings is 1. The lowest BCUT2D eigenvalue weighted by Crippen LogP contribution is -2.38. The Balaban J connectivity index is 1.88. The van der Waals surface area contributed by atoms with Gasteiger partial charge < -0.3 is 15.6 Å². The van der Waals surface area contributed by atoms with Crippen molar-refractivity contribution in [3.63, 3.8) is 0 Å². The third kappa shape index (κ3) is 4.68. The summed E-state index contributed by atoms with van der Waals surface area (Å²) in [6.45, 7) is 2.59. The van der Waals surface area contributed by atoms with Crippen molar-refractivity contribution in [2.24, 2.45) is 0 Å². The van der Waals surface area contributed by atoms with Gasteiger partial charge in [0.05, 0.1) is 6.54 Å². The summed E-state index contributed by atoms with van der Waals surface area (Å²) >= 11 is 0. The summed E-state index contributed by atoms with van der Waals surface area (Å²) in [6.07, 6.45) is 5.68. The van der Waals surface area contributed by atoms with Crippen molar-refractivity contribution in [3.8, 4) is 0 Å². The molecule has 1 aromatic heterocycles. The molecule has 0 bridgehead atoms. The van der Waals surface area contributed by atoms with E-state index in [0.717, 1.165) is 25.7 Å². The van der Waals surface area contributed by atoms with Gasteiger partial charge in [0, 0.05) is 23.6 Å². The van der Waals surface area contributed by atoms with Crippen LogP contribution in [0, 0.1) is 0 Å². The van der Waals surface area contributed by atoms with Crippen LogP contribution in [0.3, 0.4) is 0 Å². The van der Waals surface area contributed by atoms with Gasteiger partial charge in [-0.2, -0.15) is 0 Å². The van der Waals surface area contributed by atoms with Crippen LogP contribution in [0.15, 0.2) is 35.3 Å². The average Bonchev–Trinajstić information content (AvgIpc) is 2.60. The van der Waals surface area contributed by atoms with Gasteiger partial charge in [0.2, 0.25) is 11.3 Å². The molecule has 6 nitrogen and oxygen atoms in total. The number of para-hydroxylation sites is 1. The first-order valence-corrected chi connectivity index (χ1v) is 8.28. The van der Waals surface area contributed by atoms with Crippen LogP contribution < -0.4 is 16.1 Å². The fourth-order valence-corrected chi connectivity index (χ4v) is 2.43. The second-order valence-electron chi connectivity index (χ2n) is 5.67. The van der Waals surface area contributed by atoms with Gasteiger partial charge >= 0.3 is 0 Å². The lowest BCUT2D eigenvalue weighted by atomic mass is 10.1. The largest absolute Gasteiger partial charge is 0.360 e. The Morgan fingerprint density at radius 2 is 1.88 bits per heavy atom. The van der Waals surface area contributed by atoms with E-state index in [1.807, 2.05) is 6.07 Å². The molecule has 0 aliphatic rings. The Bertz CT molecular complexity index is 767. The molecule has 0 saturated carbocycles. The van der Waals surface area contributed by atoms with E-state index in [1.165, 1.54) is 6.20 Å². The highest BCUT2D eigenvalue weighted by Crippen LogP contribution is 2.06. The molecule has 24 heavy (non-hydrogen) atoms. The normalized spacial score (nSPS) is 10.5. The summed E-state index contributed by atoms with van der Waals surface area (Å²) in [7, 11) is 0. The minimum atomic E-state index is -0.553. The number of fused-ring (bicyclic) bond motifs is 1. The van der Waals surface area contributed by atoms with E-state index in [4.69, 9.17) is 0 Å². The molecule has 128 valence electrons. The van der Waals surface area contributed by atoms with E-state index < -0.39 is 5.91 Å². The lowest BCUT2D eigenvalue weighted by Gasteiger charge is -2.07. The van der Waals surface area contributed by atoms with Crippen LogP contribution in [-0.2, 0) is 4.79 Å². The maximum atomic E-state index is 12.3. The molecule has 6 heteroatoms. The van der Waals surface area contributed by atoms with Crippen LogP contribution >= 0.6 is 0 Å². The molecule has 0 atom stereocenters. The van der Waals surface area contributed by atoms with Crippen LogP contribution in [0.25, 0.3) is 10.9 Å². The van der Waals surface area contributed by atoms with Gasteiger partial charge in [-0.25, -0.2) is 0 Å². The third-order valence-electron chi connectivity index (χ3n) is 3.79. The van der Waals surface area contributed by atoms with Crippen molar-refractivity contribution < 1.29 is 9.59 Å². The summed E-state index contributed by atoms with van der Waals surface area (Å²) in [5.74, 6) is -0.805. The summed E-state index contributed by atoms with van der Waals surface area (Å²) < 4.78 is 0. The number of aromatic nitrogens is 1. The average molecular weight is 329 g/mol. The molecule has 0 aliphatic heterocycles.